The lowest BCUT2D eigenvalue weighted by molar-refractivity contribution is 0.316. The van der Waals surface area contributed by atoms with Crippen molar-refractivity contribution in [2.24, 2.45) is 10.3 Å². The van der Waals surface area contributed by atoms with E-state index < -0.39 is 0 Å². The number of rotatable bonds is 2. The average Bonchev–Trinajstić information content (AvgIpc) is 2.16. The fourth-order valence-corrected chi connectivity index (χ4v) is 0.937. The summed E-state index contributed by atoms with van der Waals surface area (Å²) in [6, 6.07) is 7.33. The van der Waals surface area contributed by atoms with E-state index >= 15 is 0 Å². The Morgan fingerprint density at radius 1 is 1.23 bits per heavy atom. The largest absolute Gasteiger partial charge is 0.411 e. The van der Waals surface area contributed by atoms with Crippen molar-refractivity contribution >= 4 is 11.9 Å². The van der Waals surface area contributed by atoms with Crippen LogP contribution < -0.4 is 0 Å². The lowest BCUT2D eigenvalue weighted by Gasteiger charge is -1.97. The van der Waals surface area contributed by atoms with Gasteiger partial charge in [-0.15, -0.1) is 0 Å². The Hall–Kier alpha value is -1.84. The minimum Gasteiger partial charge on any atom is -0.411 e. The first kappa shape index (κ1) is 9.25. The molecule has 0 bridgehead atoms. The molecule has 0 spiro atoms. The quantitative estimate of drug-likeness (QED) is 0.410. The molecular weight excluding hydrogens is 168 g/mol. The molecule has 0 aliphatic carbocycles. The van der Waals surface area contributed by atoms with Crippen LogP contribution in [0.3, 0.4) is 0 Å². The molecule has 0 aromatic heterocycles. The van der Waals surface area contributed by atoms with Crippen molar-refractivity contribution in [2.75, 3.05) is 0 Å². The van der Waals surface area contributed by atoms with Crippen LogP contribution in [0.5, 0.6) is 0 Å². The predicted octanol–water partition coefficient (Wildman–Crippen LogP) is 1.63. The standard InChI is InChI=1S/C9H10N2O2/c1-7-2-4-8(5-3-7)9(11-13)6-10-12/h2-6,12-13H,1H3/b10-6+,11-9+. The van der Waals surface area contributed by atoms with E-state index in [2.05, 4.69) is 10.3 Å². The van der Waals surface area contributed by atoms with Crippen LogP contribution in [0.15, 0.2) is 34.6 Å². The van der Waals surface area contributed by atoms with Crippen molar-refractivity contribution in [1.29, 1.82) is 0 Å². The van der Waals surface area contributed by atoms with Crippen LogP contribution in [0.1, 0.15) is 11.1 Å². The molecule has 1 rings (SSSR count). The summed E-state index contributed by atoms with van der Waals surface area (Å²) in [5, 5.41) is 22.6. The van der Waals surface area contributed by atoms with Crippen molar-refractivity contribution in [3.8, 4) is 0 Å². The number of nitrogens with zero attached hydrogens (tertiary/aromatic N) is 2. The van der Waals surface area contributed by atoms with Gasteiger partial charge < -0.3 is 10.4 Å². The molecule has 1 aromatic carbocycles. The molecule has 0 saturated heterocycles. The normalized spacial score (nSPS) is 12.2. The molecule has 0 aliphatic rings. The Morgan fingerprint density at radius 3 is 2.31 bits per heavy atom. The third-order valence-corrected chi connectivity index (χ3v) is 1.64. The third-order valence-electron chi connectivity index (χ3n) is 1.64. The first-order valence-electron chi connectivity index (χ1n) is 3.74. The van der Waals surface area contributed by atoms with E-state index in [9.17, 15) is 0 Å². The molecule has 0 fully saturated rings. The second kappa shape index (κ2) is 4.25. The van der Waals surface area contributed by atoms with E-state index in [-0.39, 0.29) is 5.71 Å². The highest BCUT2D eigenvalue weighted by Crippen LogP contribution is 2.03. The van der Waals surface area contributed by atoms with Gasteiger partial charge in [0.25, 0.3) is 0 Å². The summed E-state index contributed by atoms with van der Waals surface area (Å²) in [5.74, 6) is 0. The zero-order chi connectivity index (χ0) is 9.68. The summed E-state index contributed by atoms with van der Waals surface area (Å²) in [6.45, 7) is 1.96. The Kier molecular flexibility index (Phi) is 3.03. The summed E-state index contributed by atoms with van der Waals surface area (Å²) in [7, 11) is 0. The van der Waals surface area contributed by atoms with Gasteiger partial charge in [-0.3, -0.25) is 0 Å². The topological polar surface area (TPSA) is 65.2 Å². The minimum atomic E-state index is 0.225. The van der Waals surface area contributed by atoms with Gasteiger partial charge in [-0.2, -0.15) is 0 Å². The molecule has 0 saturated carbocycles. The van der Waals surface area contributed by atoms with E-state index in [1.807, 2.05) is 19.1 Å². The number of aryl methyl sites for hydroxylation is 1. The van der Waals surface area contributed by atoms with E-state index in [1.54, 1.807) is 12.1 Å². The molecule has 1 aromatic rings. The highest BCUT2D eigenvalue weighted by Gasteiger charge is 1.99. The fourth-order valence-electron chi connectivity index (χ4n) is 0.937. The summed E-state index contributed by atoms with van der Waals surface area (Å²) >= 11 is 0. The zero-order valence-electron chi connectivity index (χ0n) is 7.18. The molecule has 68 valence electrons. The number of benzene rings is 1. The molecular formula is C9H10N2O2. The van der Waals surface area contributed by atoms with Crippen molar-refractivity contribution in [1.82, 2.24) is 0 Å². The first-order chi connectivity index (χ1) is 6.27. The van der Waals surface area contributed by atoms with E-state index in [1.165, 1.54) is 0 Å². The Balaban J connectivity index is 3.00. The van der Waals surface area contributed by atoms with Gasteiger partial charge in [0.05, 0.1) is 6.21 Å². The lowest BCUT2D eigenvalue weighted by atomic mass is 10.1. The van der Waals surface area contributed by atoms with Gasteiger partial charge in [-0.1, -0.05) is 40.1 Å². The maximum Gasteiger partial charge on any atom is 0.131 e. The summed E-state index contributed by atoms with van der Waals surface area (Å²) in [6.07, 6.45) is 1.07. The Labute approximate surface area is 75.8 Å². The van der Waals surface area contributed by atoms with E-state index in [0.29, 0.717) is 5.56 Å². The maximum atomic E-state index is 8.57. The van der Waals surface area contributed by atoms with Crippen LogP contribution >= 0.6 is 0 Å². The van der Waals surface area contributed by atoms with Crippen molar-refractivity contribution in [2.45, 2.75) is 6.92 Å². The molecule has 4 nitrogen and oxygen atoms in total. The van der Waals surface area contributed by atoms with E-state index in [4.69, 9.17) is 10.4 Å². The first-order valence-corrected chi connectivity index (χ1v) is 3.74. The molecule has 13 heavy (non-hydrogen) atoms. The molecule has 4 heteroatoms. The molecule has 2 N–H and O–H groups in total. The molecule has 0 atom stereocenters. The van der Waals surface area contributed by atoms with E-state index in [0.717, 1.165) is 11.8 Å². The highest BCUT2D eigenvalue weighted by atomic mass is 16.4. The van der Waals surface area contributed by atoms with Gasteiger partial charge in [0.15, 0.2) is 0 Å². The molecule has 0 heterocycles. The molecule has 0 aliphatic heterocycles. The number of hydrogen-bond donors (Lipinski definition) is 2. The lowest BCUT2D eigenvalue weighted by Crippen LogP contribution is -2.02. The van der Waals surface area contributed by atoms with Crippen molar-refractivity contribution in [3.63, 3.8) is 0 Å². The average molecular weight is 178 g/mol. The summed E-state index contributed by atoms with van der Waals surface area (Å²) in [5.41, 5.74) is 2.04. The highest BCUT2D eigenvalue weighted by molar-refractivity contribution is 6.37. The van der Waals surface area contributed by atoms with Gasteiger partial charge in [0.1, 0.15) is 5.71 Å². The second-order valence-electron chi connectivity index (χ2n) is 2.60. The zero-order valence-corrected chi connectivity index (χ0v) is 7.18. The van der Waals surface area contributed by atoms with Crippen molar-refractivity contribution < 1.29 is 10.4 Å². The molecule has 0 unspecified atom stereocenters. The molecule has 0 radical (unpaired) electrons. The number of oxime groups is 2. The van der Waals surface area contributed by atoms with Gasteiger partial charge >= 0.3 is 0 Å². The monoisotopic (exact) mass is 178 g/mol. The fraction of sp³-hybridized carbons (Fsp3) is 0.111. The summed E-state index contributed by atoms with van der Waals surface area (Å²) in [4.78, 5) is 0. The Morgan fingerprint density at radius 2 is 1.85 bits per heavy atom. The molecule has 0 amide bonds. The van der Waals surface area contributed by atoms with Crippen LogP contribution in [0.4, 0.5) is 0 Å². The van der Waals surface area contributed by atoms with Crippen LogP contribution in [-0.4, -0.2) is 22.3 Å². The minimum absolute atomic E-state index is 0.225. The maximum absolute atomic E-state index is 8.57. The van der Waals surface area contributed by atoms with Gasteiger partial charge in [0.2, 0.25) is 0 Å². The SMILES string of the molecule is Cc1ccc(C(/C=N/O)=N/O)cc1. The van der Waals surface area contributed by atoms with Crippen LogP contribution in [-0.2, 0) is 0 Å². The predicted molar refractivity (Wildman–Crippen MR) is 49.8 cm³/mol. The third kappa shape index (κ3) is 2.30. The van der Waals surface area contributed by atoms with Gasteiger partial charge in [-0.25, -0.2) is 0 Å². The van der Waals surface area contributed by atoms with Crippen LogP contribution in [0.2, 0.25) is 0 Å². The van der Waals surface area contributed by atoms with Crippen molar-refractivity contribution in [3.05, 3.63) is 35.4 Å². The van der Waals surface area contributed by atoms with Crippen LogP contribution in [0.25, 0.3) is 0 Å². The second-order valence-corrected chi connectivity index (χ2v) is 2.60. The van der Waals surface area contributed by atoms with Gasteiger partial charge in [0, 0.05) is 5.56 Å². The Bertz CT molecular complexity index is 328. The smallest absolute Gasteiger partial charge is 0.131 e. The number of hydrogen-bond acceptors (Lipinski definition) is 4. The van der Waals surface area contributed by atoms with Crippen LogP contribution in [0, 0.1) is 6.92 Å². The van der Waals surface area contributed by atoms with Gasteiger partial charge in [-0.05, 0) is 6.92 Å². The summed E-state index contributed by atoms with van der Waals surface area (Å²) < 4.78 is 0.